The van der Waals surface area contributed by atoms with Gasteiger partial charge in [-0.1, -0.05) is 43.5 Å². The van der Waals surface area contributed by atoms with Gasteiger partial charge in [-0.2, -0.15) is 0 Å². The minimum Gasteiger partial charge on any atom is -0.472 e. The van der Waals surface area contributed by atoms with E-state index in [1.165, 1.54) is 23.3 Å². The van der Waals surface area contributed by atoms with Crippen LogP contribution in [0.5, 0.6) is 0 Å². The Bertz CT molecular complexity index is 1430. The van der Waals surface area contributed by atoms with Crippen LogP contribution in [0.25, 0.3) is 22.2 Å². The highest BCUT2D eigenvalue weighted by atomic mass is 32.2. The summed E-state index contributed by atoms with van der Waals surface area (Å²) in [5, 5.41) is 3.98. The fourth-order valence-electron chi connectivity index (χ4n) is 5.54. The number of nitrogens with zero attached hydrogens (tertiary/aromatic N) is 2. The van der Waals surface area contributed by atoms with Gasteiger partial charge in [0.1, 0.15) is 12.3 Å². The maximum Gasteiger partial charge on any atom is 0.239 e. The number of hydrogen-bond acceptors (Lipinski definition) is 5. The zero-order valence-electron chi connectivity index (χ0n) is 21.1. The minimum absolute atomic E-state index is 0.0894. The van der Waals surface area contributed by atoms with Crippen molar-refractivity contribution in [2.45, 2.75) is 51.0 Å². The van der Waals surface area contributed by atoms with Crippen molar-refractivity contribution < 1.29 is 22.4 Å². The number of Topliss-reactive ketones (excluding diaryl/α,β-unsaturated/α-hetero) is 1. The highest BCUT2D eigenvalue weighted by molar-refractivity contribution is 7.89. The molecule has 3 aromatic rings. The molecule has 0 radical (unpaired) electrons. The molecule has 1 aliphatic carbocycles. The molecule has 1 aromatic carbocycles. The number of aromatic nitrogens is 1. The summed E-state index contributed by atoms with van der Waals surface area (Å²) in [4.78, 5) is 26.3. The molecule has 0 unspecified atom stereocenters. The molecule has 196 valence electrons. The molecule has 1 amide bonds. The average Bonchev–Trinajstić information content (AvgIpc) is 3.52. The van der Waals surface area contributed by atoms with Crippen molar-refractivity contribution in [1.29, 1.82) is 0 Å². The van der Waals surface area contributed by atoms with Gasteiger partial charge in [0, 0.05) is 42.2 Å². The van der Waals surface area contributed by atoms with E-state index in [4.69, 9.17) is 4.42 Å². The van der Waals surface area contributed by atoms with E-state index in [-0.39, 0.29) is 19.0 Å². The number of hydrogen-bond donors (Lipinski definition) is 1. The predicted octanol–water partition coefficient (Wildman–Crippen LogP) is 4.47. The van der Waals surface area contributed by atoms with Crippen LogP contribution in [0.15, 0.2) is 53.4 Å². The lowest BCUT2D eigenvalue weighted by molar-refractivity contribution is -0.121. The Hall–Kier alpha value is -3.17. The van der Waals surface area contributed by atoms with Crippen molar-refractivity contribution in [2.75, 3.05) is 25.9 Å². The third-order valence-electron chi connectivity index (χ3n) is 7.49. The van der Waals surface area contributed by atoms with E-state index < -0.39 is 21.6 Å². The smallest absolute Gasteiger partial charge is 0.239 e. The number of ketones is 1. The van der Waals surface area contributed by atoms with Crippen molar-refractivity contribution in [1.82, 2.24) is 14.2 Å². The number of fused-ring (bicyclic) bond motifs is 1. The molecule has 37 heavy (non-hydrogen) atoms. The lowest BCUT2D eigenvalue weighted by Crippen LogP contribution is -2.32. The summed E-state index contributed by atoms with van der Waals surface area (Å²) in [6.45, 7) is 0.710. The van der Waals surface area contributed by atoms with Gasteiger partial charge in [-0.3, -0.25) is 9.59 Å². The van der Waals surface area contributed by atoms with Crippen molar-refractivity contribution in [3.05, 3.63) is 60.1 Å². The van der Waals surface area contributed by atoms with Gasteiger partial charge in [0.25, 0.3) is 0 Å². The molecule has 0 atom stereocenters. The van der Waals surface area contributed by atoms with E-state index in [1.807, 2.05) is 22.8 Å². The first-order valence-corrected chi connectivity index (χ1v) is 14.5. The summed E-state index contributed by atoms with van der Waals surface area (Å²) in [5.41, 5.74) is 4.08. The van der Waals surface area contributed by atoms with Gasteiger partial charge in [-0.05, 0) is 42.9 Å². The quantitative estimate of drug-likeness (QED) is 0.500. The van der Waals surface area contributed by atoms with Crippen LogP contribution in [-0.4, -0.2) is 54.9 Å². The van der Waals surface area contributed by atoms with Gasteiger partial charge in [-0.15, -0.1) is 0 Å². The van der Waals surface area contributed by atoms with Gasteiger partial charge in [0.15, 0.2) is 5.78 Å². The molecular weight excluding hydrogens is 490 g/mol. The van der Waals surface area contributed by atoms with Gasteiger partial charge in [0.2, 0.25) is 15.9 Å². The SMILES string of the molecule is CN1CC=CCCNC(=O)Cn2c(-c3ccoc3)c(C3CCCCC3)c3ccc(cc32)C(=O)CS1(=O)=O. The van der Waals surface area contributed by atoms with E-state index in [0.29, 0.717) is 24.4 Å². The summed E-state index contributed by atoms with van der Waals surface area (Å²) < 4.78 is 34.3. The van der Waals surface area contributed by atoms with Crippen LogP contribution in [0.2, 0.25) is 0 Å². The van der Waals surface area contributed by atoms with Crippen molar-refractivity contribution in [3.8, 4) is 11.3 Å². The summed E-state index contributed by atoms with van der Waals surface area (Å²) in [6.07, 6.45) is 13.1. The first kappa shape index (κ1) is 25.5. The number of furan rings is 1. The number of nitrogens with one attached hydrogen (secondary N) is 1. The molecular formula is C28H33N3O5S. The molecule has 0 saturated heterocycles. The van der Waals surface area contributed by atoms with Crippen LogP contribution < -0.4 is 5.32 Å². The summed E-state index contributed by atoms with van der Waals surface area (Å²) >= 11 is 0. The molecule has 2 aliphatic rings. The van der Waals surface area contributed by atoms with E-state index in [1.54, 1.807) is 30.7 Å². The Morgan fingerprint density at radius 3 is 2.59 bits per heavy atom. The van der Waals surface area contributed by atoms with Gasteiger partial charge in [0.05, 0.1) is 18.2 Å². The normalized spacial score (nSPS) is 20.5. The van der Waals surface area contributed by atoms with Crippen LogP contribution in [-0.2, 0) is 21.4 Å². The topological polar surface area (TPSA) is 102 Å². The highest BCUT2D eigenvalue weighted by Crippen LogP contribution is 2.44. The van der Waals surface area contributed by atoms with E-state index in [2.05, 4.69) is 5.32 Å². The maximum absolute atomic E-state index is 13.2. The van der Waals surface area contributed by atoms with E-state index in [9.17, 15) is 18.0 Å². The second-order valence-electron chi connectivity index (χ2n) is 10.00. The third kappa shape index (κ3) is 5.29. The number of carbonyl (C=O) groups excluding carboxylic acids is 2. The fourth-order valence-corrected chi connectivity index (χ4v) is 6.57. The largest absolute Gasteiger partial charge is 0.472 e. The third-order valence-corrected chi connectivity index (χ3v) is 9.21. The van der Waals surface area contributed by atoms with E-state index in [0.717, 1.165) is 47.8 Å². The lowest BCUT2D eigenvalue weighted by Gasteiger charge is -2.23. The first-order valence-electron chi connectivity index (χ1n) is 12.9. The average molecular weight is 524 g/mol. The Kier molecular flexibility index (Phi) is 7.35. The molecule has 8 nitrogen and oxygen atoms in total. The van der Waals surface area contributed by atoms with Gasteiger partial charge in [-0.25, -0.2) is 12.7 Å². The Morgan fingerprint density at radius 1 is 1.03 bits per heavy atom. The number of likely N-dealkylation sites (N-methyl/N-ethyl adjacent to an activating group) is 1. The van der Waals surface area contributed by atoms with Crippen molar-refractivity contribution >= 4 is 32.6 Å². The monoisotopic (exact) mass is 523 g/mol. The second kappa shape index (κ2) is 10.7. The van der Waals surface area contributed by atoms with Crippen molar-refractivity contribution in [2.24, 2.45) is 0 Å². The van der Waals surface area contributed by atoms with Crippen LogP contribution >= 0.6 is 0 Å². The van der Waals surface area contributed by atoms with E-state index >= 15 is 0 Å². The first-order chi connectivity index (χ1) is 17.8. The predicted molar refractivity (Wildman–Crippen MR) is 143 cm³/mol. The Morgan fingerprint density at radius 2 is 1.84 bits per heavy atom. The molecule has 0 spiro atoms. The molecule has 9 heteroatoms. The van der Waals surface area contributed by atoms with Crippen LogP contribution in [0.3, 0.4) is 0 Å². The summed E-state index contributed by atoms with van der Waals surface area (Å²) in [7, 11) is -2.30. The zero-order chi connectivity index (χ0) is 26.0. The fraction of sp³-hybridized carbons (Fsp3) is 0.429. The van der Waals surface area contributed by atoms with Gasteiger partial charge >= 0.3 is 0 Å². The molecule has 1 fully saturated rings. The number of rotatable bonds is 2. The Labute approximate surface area is 217 Å². The molecule has 2 aromatic heterocycles. The highest BCUT2D eigenvalue weighted by Gasteiger charge is 2.29. The molecule has 3 heterocycles. The number of sulfonamides is 1. The second-order valence-corrected chi connectivity index (χ2v) is 12.1. The van der Waals surface area contributed by atoms with Gasteiger partial charge < -0.3 is 14.3 Å². The number of benzene rings is 1. The summed E-state index contributed by atoms with van der Waals surface area (Å²) in [5.74, 6) is -0.853. The molecule has 1 N–H and O–H groups in total. The maximum atomic E-state index is 13.2. The van der Waals surface area contributed by atoms with Crippen molar-refractivity contribution in [3.63, 3.8) is 0 Å². The number of amides is 1. The Balaban J connectivity index is 1.69. The molecule has 2 bridgehead atoms. The van der Waals surface area contributed by atoms with Crippen LogP contribution in [0.4, 0.5) is 0 Å². The minimum atomic E-state index is -3.77. The number of carbonyl (C=O) groups is 2. The van der Waals surface area contributed by atoms with Crippen LogP contribution in [0.1, 0.15) is 60.4 Å². The van der Waals surface area contributed by atoms with Crippen LogP contribution in [0, 0.1) is 0 Å². The molecule has 1 aliphatic heterocycles. The lowest BCUT2D eigenvalue weighted by atomic mass is 9.82. The molecule has 5 rings (SSSR count). The summed E-state index contributed by atoms with van der Waals surface area (Å²) in [6, 6.07) is 7.30. The molecule has 1 saturated carbocycles. The zero-order valence-corrected chi connectivity index (χ0v) is 21.9. The standard InChI is InChI=1S/C28H33N3O5S/c1-30-14-7-3-6-13-29-26(33)17-31-24-16-21(25(32)19-37(30,34)35)10-11-23(24)27(20-8-4-2-5-9-20)28(31)22-12-15-36-18-22/h3,7,10-12,15-16,18,20H,2,4-6,8-9,13-14,17,19H2,1H3,(H,29,33).